The van der Waals surface area contributed by atoms with Crippen molar-refractivity contribution in [1.29, 1.82) is 0 Å². The SMILES string of the molecule is CN(c1nc(Cl)nc2c1CCC2)C1CCN(c2ccccc2)C1=O. The van der Waals surface area contributed by atoms with Gasteiger partial charge in [0, 0.05) is 24.8 Å². The molecule has 1 unspecified atom stereocenters. The van der Waals surface area contributed by atoms with Crippen LogP contribution in [0.25, 0.3) is 0 Å². The molecule has 1 aromatic carbocycles. The van der Waals surface area contributed by atoms with Gasteiger partial charge in [-0.2, -0.15) is 0 Å². The van der Waals surface area contributed by atoms with Gasteiger partial charge in [0.15, 0.2) is 0 Å². The first-order valence-electron chi connectivity index (χ1n) is 8.29. The molecule has 0 radical (unpaired) electrons. The van der Waals surface area contributed by atoms with Crippen LogP contribution >= 0.6 is 11.6 Å². The summed E-state index contributed by atoms with van der Waals surface area (Å²) in [6.45, 7) is 0.721. The number of aromatic nitrogens is 2. The maximum absolute atomic E-state index is 12.9. The highest BCUT2D eigenvalue weighted by Crippen LogP contribution is 2.32. The number of hydrogen-bond acceptors (Lipinski definition) is 4. The zero-order valence-corrected chi connectivity index (χ0v) is 14.3. The number of carbonyl (C=O) groups is 1. The molecule has 0 N–H and O–H groups in total. The van der Waals surface area contributed by atoms with E-state index in [0.29, 0.717) is 0 Å². The van der Waals surface area contributed by atoms with E-state index in [9.17, 15) is 4.79 Å². The number of rotatable bonds is 3. The van der Waals surface area contributed by atoms with Crippen molar-refractivity contribution in [2.24, 2.45) is 0 Å². The van der Waals surface area contributed by atoms with Gasteiger partial charge in [-0.3, -0.25) is 4.79 Å². The van der Waals surface area contributed by atoms with E-state index < -0.39 is 0 Å². The number of likely N-dealkylation sites (N-methyl/N-ethyl adjacent to an activating group) is 1. The number of anilines is 2. The van der Waals surface area contributed by atoms with Crippen LogP contribution in [-0.4, -0.2) is 35.5 Å². The van der Waals surface area contributed by atoms with Gasteiger partial charge in [0.2, 0.25) is 11.2 Å². The summed E-state index contributed by atoms with van der Waals surface area (Å²) in [7, 11) is 1.94. The van der Waals surface area contributed by atoms with E-state index in [1.165, 1.54) is 0 Å². The molecule has 2 heterocycles. The molecule has 4 rings (SSSR count). The monoisotopic (exact) mass is 342 g/mol. The van der Waals surface area contributed by atoms with Gasteiger partial charge in [0.1, 0.15) is 11.9 Å². The van der Waals surface area contributed by atoms with Crippen LogP contribution in [0.15, 0.2) is 30.3 Å². The van der Waals surface area contributed by atoms with Crippen molar-refractivity contribution in [3.63, 3.8) is 0 Å². The lowest BCUT2D eigenvalue weighted by Gasteiger charge is -2.26. The molecule has 1 aromatic heterocycles. The van der Waals surface area contributed by atoms with Crippen molar-refractivity contribution in [2.45, 2.75) is 31.7 Å². The van der Waals surface area contributed by atoms with Gasteiger partial charge in [-0.15, -0.1) is 0 Å². The van der Waals surface area contributed by atoms with Gasteiger partial charge in [-0.05, 0) is 49.4 Å². The average Bonchev–Trinajstić information content (AvgIpc) is 3.20. The number of amides is 1. The lowest BCUT2D eigenvalue weighted by atomic mass is 10.1. The number of carbonyl (C=O) groups excluding carboxylic acids is 1. The molecule has 1 saturated heterocycles. The average molecular weight is 343 g/mol. The van der Waals surface area contributed by atoms with Crippen molar-refractivity contribution in [2.75, 3.05) is 23.4 Å². The predicted octanol–water partition coefficient (Wildman–Crippen LogP) is 2.86. The first-order chi connectivity index (χ1) is 11.6. The van der Waals surface area contributed by atoms with E-state index in [2.05, 4.69) is 9.97 Å². The highest BCUT2D eigenvalue weighted by atomic mass is 35.5. The lowest BCUT2D eigenvalue weighted by molar-refractivity contribution is -0.118. The van der Waals surface area contributed by atoms with Crippen LogP contribution in [0.3, 0.4) is 0 Å². The fourth-order valence-corrected chi connectivity index (χ4v) is 3.89. The second-order valence-electron chi connectivity index (χ2n) is 6.34. The molecule has 1 amide bonds. The van der Waals surface area contributed by atoms with Crippen molar-refractivity contribution in [1.82, 2.24) is 9.97 Å². The summed E-state index contributed by atoms with van der Waals surface area (Å²) in [6, 6.07) is 9.60. The van der Waals surface area contributed by atoms with E-state index in [1.807, 2.05) is 47.2 Å². The number of nitrogens with zero attached hydrogens (tertiary/aromatic N) is 4. The first-order valence-corrected chi connectivity index (χ1v) is 8.67. The van der Waals surface area contributed by atoms with Crippen LogP contribution < -0.4 is 9.80 Å². The Labute approximate surface area is 146 Å². The second kappa shape index (κ2) is 6.06. The Balaban J connectivity index is 1.62. The van der Waals surface area contributed by atoms with Crippen LogP contribution in [0.5, 0.6) is 0 Å². The van der Waals surface area contributed by atoms with Crippen LogP contribution in [0.1, 0.15) is 24.1 Å². The van der Waals surface area contributed by atoms with Crippen molar-refractivity contribution >= 4 is 29.0 Å². The first kappa shape index (κ1) is 15.4. The van der Waals surface area contributed by atoms with E-state index in [-0.39, 0.29) is 17.2 Å². The fourth-order valence-electron chi connectivity index (χ4n) is 3.71. The van der Waals surface area contributed by atoms with Gasteiger partial charge in [0.05, 0.1) is 5.69 Å². The minimum absolute atomic E-state index is 0.116. The summed E-state index contributed by atoms with van der Waals surface area (Å²) in [6.07, 6.45) is 3.74. The molecule has 5 nitrogen and oxygen atoms in total. The summed E-state index contributed by atoms with van der Waals surface area (Å²) in [5.74, 6) is 0.931. The van der Waals surface area contributed by atoms with Gasteiger partial charge in [-0.25, -0.2) is 9.97 Å². The third kappa shape index (κ3) is 2.53. The van der Waals surface area contributed by atoms with E-state index in [4.69, 9.17) is 11.6 Å². The molecule has 0 bridgehead atoms. The van der Waals surface area contributed by atoms with Crippen LogP contribution in [-0.2, 0) is 17.6 Å². The van der Waals surface area contributed by atoms with Crippen molar-refractivity contribution < 1.29 is 4.79 Å². The van der Waals surface area contributed by atoms with Gasteiger partial charge < -0.3 is 9.80 Å². The molecule has 24 heavy (non-hydrogen) atoms. The summed E-state index contributed by atoms with van der Waals surface area (Å²) < 4.78 is 0. The smallest absolute Gasteiger partial charge is 0.249 e. The zero-order valence-electron chi connectivity index (χ0n) is 13.6. The Bertz CT molecular complexity index is 780. The van der Waals surface area contributed by atoms with Gasteiger partial charge in [-0.1, -0.05) is 18.2 Å². The Morgan fingerprint density at radius 1 is 1.21 bits per heavy atom. The minimum atomic E-state index is -0.208. The molecule has 1 fully saturated rings. The quantitative estimate of drug-likeness (QED) is 0.805. The maximum Gasteiger partial charge on any atom is 0.249 e. The summed E-state index contributed by atoms with van der Waals surface area (Å²) >= 11 is 6.10. The molecule has 1 aliphatic carbocycles. The third-order valence-electron chi connectivity index (χ3n) is 4.93. The second-order valence-corrected chi connectivity index (χ2v) is 6.67. The number of hydrogen-bond donors (Lipinski definition) is 0. The molecule has 6 heteroatoms. The minimum Gasteiger partial charge on any atom is -0.347 e. The van der Waals surface area contributed by atoms with Crippen molar-refractivity contribution in [3.05, 3.63) is 46.9 Å². The summed E-state index contributed by atoms with van der Waals surface area (Å²) in [5, 5.41) is 0.267. The number of fused-ring (bicyclic) bond motifs is 1. The molecule has 124 valence electrons. The molecule has 2 aliphatic rings. The topological polar surface area (TPSA) is 49.3 Å². The van der Waals surface area contributed by atoms with Crippen molar-refractivity contribution in [3.8, 4) is 0 Å². The largest absolute Gasteiger partial charge is 0.347 e. The van der Waals surface area contributed by atoms with E-state index in [0.717, 1.165) is 55.0 Å². The standard InChI is InChI=1S/C18H19ClN4O/c1-22(16-13-8-5-9-14(13)20-18(19)21-16)15-10-11-23(17(15)24)12-6-3-2-4-7-12/h2-4,6-7,15H,5,8-11H2,1H3. The van der Waals surface area contributed by atoms with Gasteiger partial charge >= 0.3 is 0 Å². The maximum atomic E-state index is 12.9. The Kier molecular flexibility index (Phi) is 3.88. The zero-order chi connectivity index (χ0) is 16.7. The fraction of sp³-hybridized carbons (Fsp3) is 0.389. The van der Waals surface area contributed by atoms with E-state index in [1.54, 1.807) is 0 Å². The molecule has 1 atom stereocenters. The molecular formula is C18H19ClN4O. The number of para-hydroxylation sites is 1. The third-order valence-corrected chi connectivity index (χ3v) is 5.10. The Hall–Kier alpha value is -2.14. The Morgan fingerprint density at radius 2 is 2.00 bits per heavy atom. The van der Waals surface area contributed by atoms with Crippen LogP contribution in [0.2, 0.25) is 5.28 Å². The molecule has 1 aliphatic heterocycles. The molecule has 2 aromatic rings. The normalized spacial score (nSPS) is 19.7. The molecule has 0 saturated carbocycles. The number of benzene rings is 1. The highest BCUT2D eigenvalue weighted by Gasteiger charge is 2.37. The van der Waals surface area contributed by atoms with Gasteiger partial charge in [0.25, 0.3) is 0 Å². The molecule has 0 spiro atoms. The summed E-state index contributed by atoms with van der Waals surface area (Å²) in [5.41, 5.74) is 3.12. The predicted molar refractivity (Wildman–Crippen MR) is 94.7 cm³/mol. The van der Waals surface area contributed by atoms with Crippen LogP contribution in [0.4, 0.5) is 11.5 Å². The number of halogens is 1. The highest BCUT2D eigenvalue weighted by molar-refractivity contribution is 6.28. The molecular weight excluding hydrogens is 324 g/mol. The lowest BCUT2D eigenvalue weighted by Crippen LogP contribution is -2.40. The van der Waals surface area contributed by atoms with E-state index >= 15 is 0 Å². The summed E-state index contributed by atoms with van der Waals surface area (Å²) in [4.78, 5) is 25.5. The van der Waals surface area contributed by atoms with Crippen LogP contribution in [0, 0.1) is 0 Å². The Morgan fingerprint density at radius 3 is 2.79 bits per heavy atom. The number of aryl methyl sites for hydroxylation is 1.